The summed E-state index contributed by atoms with van der Waals surface area (Å²) in [4.78, 5) is 0. The van der Waals surface area contributed by atoms with E-state index in [0.717, 1.165) is 30.9 Å². The van der Waals surface area contributed by atoms with Crippen LogP contribution in [-0.4, -0.2) is 38.7 Å². The fourth-order valence-corrected chi connectivity index (χ4v) is 2.25. The number of hydrogen-bond donors (Lipinski definition) is 2. The van der Waals surface area contributed by atoms with Gasteiger partial charge >= 0.3 is 0 Å². The van der Waals surface area contributed by atoms with E-state index in [1.165, 1.54) is 0 Å². The second-order valence-corrected chi connectivity index (χ2v) is 6.17. The molecule has 0 saturated carbocycles. The number of rotatable bonds is 8. The molecule has 0 fully saturated rings. The van der Waals surface area contributed by atoms with Gasteiger partial charge in [0.05, 0.1) is 6.10 Å². The minimum atomic E-state index is -0.558. The molecule has 5 heteroatoms. The number of aliphatic hydroxyl groups is 1. The monoisotopic (exact) mass is 295 g/mol. The second-order valence-electron chi connectivity index (χ2n) is 6.17. The molecule has 1 atom stereocenters. The lowest BCUT2D eigenvalue weighted by atomic mass is 9.89. The van der Waals surface area contributed by atoms with E-state index in [4.69, 9.17) is 14.2 Å². The van der Waals surface area contributed by atoms with Gasteiger partial charge in [-0.25, -0.2) is 0 Å². The minimum absolute atomic E-state index is 0.143. The summed E-state index contributed by atoms with van der Waals surface area (Å²) in [5.74, 6) is 1.44. The van der Waals surface area contributed by atoms with Crippen molar-refractivity contribution in [3.05, 3.63) is 23.8 Å². The quantitative estimate of drug-likeness (QED) is 0.769. The largest absolute Gasteiger partial charge is 0.454 e. The highest BCUT2D eigenvalue weighted by Gasteiger charge is 2.19. The lowest BCUT2D eigenvalue weighted by Crippen LogP contribution is -2.33. The molecule has 5 nitrogen and oxygen atoms in total. The van der Waals surface area contributed by atoms with E-state index in [1.807, 2.05) is 18.2 Å². The number of aliphatic hydroxyl groups excluding tert-OH is 1. The standard InChI is InChI=1S/C16H25NO4/c1-16(2,6-7-19-3)10-17-9-13(18)12-4-5-14-15(8-12)21-11-20-14/h4-5,8,13,17-18H,6-7,9-11H2,1-3H3. The summed E-state index contributed by atoms with van der Waals surface area (Å²) in [6, 6.07) is 5.55. The molecule has 1 aromatic rings. The lowest BCUT2D eigenvalue weighted by molar-refractivity contribution is 0.140. The molecule has 0 aliphatic carbocycles. The lowest BCUT2D eigenvalue weighted by Gasteiger charge is -2.25. The molecular formula is C16H25NO4. The van der Waals surface area contributed by atoms with Crippen LogP contribution in [0.2, 0.25) is 0 Å². The third-order valence-electron chi connectivity index (χ3n) is 3.71. The molecule has 118 valence electrons. The number of methoxy groups -OCH3 is 1. The van der Waals surface area contributed by atoms with Crippen LogP contribution in [0.1, 0.15) is 31.9 Å². The van der Waals surface area contributed by atoms with Crippen LogP contribution >= 0.6 is 0 Å². The van der Waals surface area contributed by atoms with Gasteiger partial charge in [0.2, 0.25) is 6.79 Å². The van der Waals surface area contributed by atoms with Crippen molar-refractivity contribution < 1.29 is 19.3 Å². The predicted molar refractivity (Wildman–Crippen MR) is 80.7 cm³/mol. The summed E-state index contributed by atoms with van der Waals surface area (Å²) in [5, 5.41) is 13.6. The van der Waals surface area contributed by atoms with Crippen LogP contribution in [0.25, 0.3) is 0 Å². The van der Waals surface area contributed by atoms with Gasteiger partial charge in [-0.1, -0.05) is 19.9 Å². The molecule has 21 heavy (non-hydrogen) atoms. The van der Waals surface area contributed by atoms with Gasteiger partial charge in [-0.3, -0.25) is 0 Å². The summed E-state index contributed by atoms with van der Waals surface area (Å²) in [5.41, 5.74) is 0.978. The topological polar surface area (TPSA) is 60.0 Å². The first-order chi connectivity index (χ1) is 10.0. The number of nitrogens with one attached hydrogen (secondary N) is 1. The highest BCUT2D eigenvalue weighted by atomic mass is 16.7. The van der Waals surface area contributed by atoms with E-state index >= 15 is 0 Å². The first kappa shape index (κ1) is 16.1. The maximum Gasteiger partial charge on any atom is 0.231 e. The zero-order valence-electron chi connectivity index (χ0n) is 13.0. The van der Waals surface area contributed by atoms with Crippen molar-refractivity contribution in [1.29, 1.82) is 0 Å². The van der Waals surface area contributed by atoms with Gasteiger partial charge in [-0.05, 0) is 29.5 Å². The Balaban J connectivity index is 1.80. The first-order valence-corrected chi connectivity index (χ1v) is 7.29. The van der Waals surface area contributed by atoms with E-state index in [0.29, 0.717) is 12.3 Å². The number of hydrogen-bond acceptors (Lipinski definition) is 5. The van der Waals surface area contributed by atoms with Crippen molar-refractivity contribution in [1.82, 2.24) is 5.32 Å². The average molecular weight is 295 g/mol. The first-order valence-electron chi connectivity index (χ1n) is 7.29. The Hall–Kier alpha value is -1.30. The zero-order chi connectivity index (χ0) is 15.3. The molecule has 2 N–H and O–H groups in total. The Morgan fingerprint density at radius 2 is 2.10 bits per heavy atom. The summed E-state index contributed by atoms with van der Waals surface area (Å²) in [6.07, 6.45) is 0.425. The van der Waals surface area contributed by atoms with Crippen LogP contribution in [0.5, 0.6) is 11.5 Å². The summed E-state index contributed by atoms with van der Waals surface area (Å²) < 4.78 is 15.7. The third kappa shape index (κ3) is 4.59. The highest BCUT2D eigenvalue weighted by molar-refractivity contribution is 5.45. The Labute approximate surface area is 126 Å². The summed E-state index contributed by atoms with van der Waals surface area (Å²) >= 11 is 0. The fraction of sp³-hybridized carbons (Fsp3) is 0.625. The summed E-state index contributed by atoms with van der Waals surface area (Å²) in [7, 11) is 1.72. The van der Waals surface area contributed by atoms with E-state index in [1.54, 1.807) is 7.11 Å². The maximum atomic E-state index is 10.2. The van der Waals surface area contributed by atoms with Crippen molar-refractivity contribution in [2.45, 2.75) is 26.4 Å². The SMILES string of the molecule is COCCC(C)(C)CNCC(O)c1ccc2c(c1)OCO2. The highest BCUT2D eigenvalue weighted by Crippen LogP contribution is 2.34. The van der Waals surface area contributed by atoms with Gasteiger partial charge in [0.25, 0.3) is 0 Å². The Kier molecular flexibility index (Phi) is 5.45. The second kappa shape index (κ2) is 7.11. The van der Waals surface area contributed by atoms with E-state index in [-0.39, 0.29) is 12.2 Å². The molecule has 0 spiro atoms. The molecule has 0 radical (unpaired) electrons. The number of benzene rings is 1. The summed E-state index contributed by atoms with van der Waals surface area (Å²) in [6.45, 7) is 6.71. The zero-order valence-corrected chi connectivity index (χ0v) is 13.0. The van der Waals surface area contributed by atoms with Gasteiger partial charge in [-0.2, -0.15) is 0 Å². The van der Waals surface area contributed by atoms with Gasteiger partial charge in [-0.15, -0.1) is 0 Å². The molecule has 0 bridgehead atoms. The van der Waals surface area contributed by atoms with Crippen LogP contribution in [0.4, 0.5) is 0 Å². The van der Waals surface area contributed by atoms with Crippen LogP contribution in [0.15, 0.2) is 18.2 Å². The Morgan fingerprint density at radius 3 is 2.86 bits per heavy atom. The predicted octanol–water partition coefficient (Wildman–Crippen LogP) is 2.10. The van der Waals surface area contributed by atoms with Crippen LogP contribution in [-0.2, 0) is 4.74 Å². The van der Waals surface area contributed by atoms with Crippen molar-refractivity contribution >= 4 is 0 Å². The minimum Gasteiger partial charge on any atom is -0.454 e. The van der Waals surface area contributed by atoms with Crippen LogP contribution in [0.3, 0.4) is 0 Å². The van der Waals surface area contributed by atoms with Gasteiger partial charge in [0, 0.05) is 26.8 Å². The fourth-order valence-electron chi connectivity index (χ4n) is 2.25. The Bertz CT molecular complexity index is 462. The van der Waals surface area contributed by atoms with Crippen molar-refractivity contribution in [3.63, 3.8) is 0 Å². The van der Waals surface area contributed by atoms with Crippen LogP contribution in [0, 0.1) is 5.41 Å². The third-order valence-corrected chi connectivity index (χ3v) is 3.71. The van der Waals surface area contributed by atoms with Crippen molar-refractivity contribution in [2.24, 2.45) is 5.41 Å². The molecule has 0 amide bonds. The molecule has 1 heterocycles. The molecule has 2 rings (SSSR count). The van der Waals surface area contributed by atoms with E-state index in [9.17, 15) is 5.11 Å². The molecule has 1 aliphatic rings. The van der Waals surface area contributed by atoms with Crippen molar-refractivity contribution in [2.75, 3.05) is 33.6 Å². The van der Waals surface area contributed by atoms with Crippen LogP contribution < -0.4 is 14.8 Å². The molecule has 0 saturated heterocycles. The number of fused-ring (bicyclic) bond motifs is 1. The van der Waals surface area contributed by atoms with Crippen molar-refractivity contribution in [3.8, 4) is 11.5 Å². The van der Waals surface area contributed by atoms with Gasteiger partial charge < -0.3 is 24.6 Å². The Morgan fingerprint density at radius 1 is 1.33 bits per heavy atom. The average Bonchev–Trinajstić information content (AvgIpc) is 2.92. The molecular weight excluding hydrogens is 270 g/mol. The van der Waals surface area contributed by atoms with E-state index in [2.05, 4.69) is 19.2 Å². The molecule has 0 aromatic heterocycles. The smallest absolute Gasteiger partial charge is 0.231 e. The van der Waals surface area contributed by atoms with Gasteiger partial charge in [0.15, 0.2) is 11.5 Å². The number of ether oxygens (including phenoxy) is 3. The van der Waals surface area contributed by atoms with E-state index < -0.39 is 6.10 Å². The molecule has 1 aromatic carbocycles. The van der Waals surface area contributed by atoms with Gasteiger partial charge in [0.1, 0.15) is 0 Å². The maximum absolute atomic E-state index is 10.2. The molecule has 1 aliphatic heterocycles. The normalized spacial score (nSPS) is 15.2. The molecule has 1 unspecified atom stereocenters.